The lowest BCUT2D eigenvalue weighted by molar-refractivity contribution is 1.08. The van der Waals surface area contributed by atoms with Crippen LogP contribution in [0.1, 0.15) is 5.69 Å². The van der Waals surface area contributed by atoms with Gasteiger partial charge in [-0.1, -0.05) is 34.1 Å². The summed E-state index contributed by atoms with van der Waals surface area (Å²) >= 11 is 3.45. The van der Waals surface area contributed by atoms with Crippen LogP contribution in [-0.2, 0) is 0 Å². The Hall–Kier alpha value is -2.01. The zero-order chi connectivity index (χ0) is 13.2. The van der Waals surface area contributed by atoms with Crippen LogP contribution in [0.25, 0.3) is 22.9 Å². The lowest BCUT2D eigenvalue weighted by atomic mass is 10.2. The van der Waals surface area contributed by atoms with Gasteiger partial charge in [-0.05, 0) is 31.2 Å². The number of aryl methyl sites for hydroxylation is 1. The quantitative estimate of drug-likeness (QED) is 0.786. The Morgan fingerprint density at radius 3 is 2.68 bits per heavy atom. The molecule has 0 aliphatic heterocycles. The molecule has 94 valence electrons. The van der Waals surface area contributed by atoms with Gasteiger partial charge in [-0.15, -0.1) is 0 Å². The van der Waals surface area contributed by atoms with E-state index in [1.165, 1.54) is 0 Å². The van der Waals surface area contributed by atoms with Crippen LogP contribution in [0.4, 0.5) is 0 Å². The molecule has 0 aliphatic rings. The standard InChI is InChI=1S/C14H11BrN4/c1-9-4-2-7-12(16-9)14-17-13(18-19-14)10-5-3-6-11(15)8-10/h2-8H,1H3,(H,17,18,19). The molecule has 1 N–H and O–H groups in total. The van der Waals surface area contributed by atoms with Crippen molar-refractivity contribution in [2.24, 2.45) is 0 Å². The summed E-state index contributed by atoms with van der Waals surface area (Å²) in [4.78, 5) is 8.90. The number of rotatable bonds is 2. The third kappa shape index (κ3) is 2.56. The van der Waals surface area contributed by atoms with Gasteiger partial charge in [0.2, 0.25) is 0 Å². The number of aromatic amines is 1. The number of aromatic nitrogens is 4. The Balaban J connectivity index is 2.00. The highest BCUT2D eigenvalue weighted by Gasteiger charge is 2.08. The fraction of sp³-hybridized carbons (Fsp3) is 0.0714. The van der Waals surface area contributed by atoms with E-state index in [4.69, 9.17) is 0 Å². The van der Waals surface area contributed by atoms with Crippen molar-refractivity contribution in [2.45, 2.75) is 6.92 Å². The van der Waals surface area contributed by atoms with Gasteiger partial charge in [-0.25, -0.2) is 9.97 Å². The number of hydrogen-bond acceptors (Lipinski definition) is 3. The van der Waals surface area contributed by atoms with Crippen molar-refractivity contribution in [3.8, 4) is 22.9 Å². The van der Waals surface area contributed by atoms with Gasteiger partial charge in [0.15, 0.2) is 11.6 Å². The molecular weight excluding hydrogens is 304 g/mol. The molecule has 2 aromatic heterocycles. The van der Waals surface area contributed by atoms with E-state index in [2.05, 4.69) is 36.1 Å². The Labute approximate surface area is 119 Å². The molecule has 0 radical (unpaired) electrons. The molecule has 5 heteroatoms. The third-order valence-electron chi connectivity index (χ3n) is 2.70. The van der Waals surface area contributed by atoms with E-state index in [0.717, 1.165) is 27.2 Å². The van der Waals surface area contributed by atoms with Crippen LogP contribution in [0.3, 0.4) is 0 Å². The van der Waals surface area contributed by atoms with Gasteiger partial charge in [-0.2, -0.15) is 5.10 Å². The summed E-state index contributed by atoms with van der Waals surface area (Å²) in [7, 11) is 0. The number of benzene rings is 1. The lowest BCUT2D eigenvalue weighted by Gasteiger charge is -1.96. The van der Waals surface area contributed by atoms with E-state index in [1.807, 2.05) is 49.4 Å². The normalized spacial score (nSPS) is 10.6. The van der Waals surface area contributed by atoms with Crippen LogP contribution in [0, 0.1) is 6.92 Å². The first kappa shape index (κ1) is 12.0. The van der Waals surface area contributed by atoms with Gasteiger partial charge in [0.1, 0.15) is 5.69 Å². The number of nitrogens with one attached hydrogen (secondary N) is 1. The fourth-order valence-electron chi connectivity index (χ4n) is 1.81. The van der Waals surface area contributed by atoms with Crippen LogP contribution in [0.15, 0.2) is 46.9 Å². The SMILES string of the molecule is Cc1cccc(-c2n[nH]c(-c3cccc(Br)c3)n2)n1. The summed E-state index contributed by atoms with van der Waals surface area (Å²) < 4.78 is 1.01. The van der Waals surface area contributed by atoms with Crippen LogP contribution in [0.5, 0.6) is 0 Å². The highest BCUT2D eigenvalue weighted by molar-refractivity contribution is 9.10. The molecule has 0 saturated carbocycles. The number of pyridine rings is 1. The summed E-state index contributed by atoms with van der Waals surface area (Å²) in [6, 6.07) is 13.7. The lowest BCUT2D eigenvalue weighted by Crippen LogP contribution is -1.87. The maximum absolute atomic E-state index is 4.48. The molecule has 3 rings (SSSR count). The fourth-order valence-corrected chi connectivity index (χ4v) is 2.21. The van der Waals surface area contributed by atoms with Crippen LogP contribution in [-0.4, -0.2) is 20.2 Å². The highest BCUT2D eigenvalue weighted by atomic mass is 79.9. The maximum Gasteiger partial charge on any atom is 0.200 e. The van der Waals surface area contributed by atoms with Crippen molar-refractivity contribution < 1.29 is 0 Å². The molecule has 0 amide bonds. The first-order chi connectivity index (χ1) is 9.22. The summed E-state index contributed by atoms with van der Waals surface area (Å²) in [5, 5.41) is 7.16. The molecule has 0 bridgehead atoms. The van der Waals surface area contributed by atoms with Crippen LogP contribution in [0.2, 0.25) is 0 Å². The first-order valence-corrected chi connectivity index (χ1v) is 6.64. The Bertz CT molecular complexity index is 661. The monoisotopic (exact) mass is 314 g/mol. The second kappa shape index (κ2) is 4.93. The second-order valence-electron chi connectivity index (χ2n) is 4.18. The van der Waals surface area contributed by atoms with Crippen LogP contribution < -0.4 is 0 Å². The van der Waals surface area contributed by atoms with Gasteiger partial charge in [0.05, 0.1) is 0 Å². The minimum Gasteiger partial charge on any atom is -0.259 e. The summed E-state index contributed by atoms with van der Waals surface area (Å²) in [5.41, 5.74) is 2.71. The highest BCUT2D eigenvalue weighted by Crippen LogP contribution is 2.21. The molecule has 0 unspecified atom stereocenters. The molecule has 4 nitrogen and oxygen atoms in total. The van der Waals surface area contributed by atoms with Crippen LogP contribution >= 0.6 is 15.9 Å². The van der Waals surface area contributed by atoms with Crippen molar-refractivity contribution in [3.05, 3.63) is 52.6 Å². The smallest absolute Gasteiger partial charge is 0.200 e. The minimum atomic E-state index is 0.610. The van der Waals surface area contributed by atoms with E-state index in [-0.39, 0.29) is 0 Å². The largest absolute Gasteiger partial charge is 0.259 e. The number of hydrogen-bond donors (Lipinski definition) is 1. The Kier molecular flexibility index (Phi) is 3.13. The van der Waals surface area contributed by atoms with Crippen molar-refractivity contribution in [1.82, 2.24) is 20.2 Å². The van der Waals surface area contributed by atoms with Crippen molar-refractivity contribution in [2.75, 3.05) is 0 Å². The zero-order valence-electron chi connectivity index (χ0n) is 10.3. The predicted octanol–water partition coefficient (Wildman–Crippen LogP) is 3.60. The molecular formula is C14H11BrN4. The number of halogens is 1. The van der Waals surface area contributed by atoms with E-state index in [0.29, 0.717) is 5.82 Å². The molecule has 2 heterocycles. The van der Waals surface area contributed by atoms with Crippen molar-refractivity contribution in [1.29, 1.82) is 0 Å². The molecule has 0 fully saturated rings. The second-order valence-corrected chi connectivity index (χ2v) is 5.10. The summed E-state index contributed by atoms with van der Waals surface area (Å²) in [6.07, 6.45) is 0. The molecule has 0 saturated heterocycles. The van der Waals surface area contributed by atoms with Gasteiger partial charge >= 0.3 is 0 Å². The third-order valence-corrected chi connectivity index (χ3v) is 3.19. The molecule has 0 aliphatic carbocycles. The number of nitrogens with zero attached hydrogens (tertiary/aromatic N) is 3. The van der Waals surface area contributed by atoms with E-state index in [9.17, 15) is 0 Å². The molecule has 3 aromatic rings. The zero-order valence-corrected chi connectivity index (χ0v) is 11.8. The molecule has 19 heavy (non-hydrogen) atoms. The van der Waals surface area contributed by atoms with E-state index in [1.54, 1.807) is 0 Å². The number of H-pyrrole nitrogens is 1. The van der Waals surface area contributed by atoms with Crippen molar-refractivity contribution in [3.63, 3.8) is 0 Å². The van der Waals surface area contributed by atoms with Gasteiger partial charge < -0.3 is 0 Å². The first-order valence-electron chi connectivity index (χ1n) is 5.85. The summed E-state index contributed by atoms with van der Waals surface area (Å²) in [5.74, 6) is 1.35. The Morgan fingerprint density at radius 1 is 1.05 bits per heavy atom. The van der Waals surface area contributed by atoms with Gasteiger partial charge in [0.25, 0.3) is 0 Å². The van der Waals surface area contributed by atoms with Gasteiger partial charge in [-0.3, -0.25) is 5.10 Å². The average Bonchev–Trinajstić information content (AvgIpc) is 2.88. The minimum absolute atomic E-state index is 0.610. The summed E-state index contributed by atoms with van der Waals surface area (Å²) in [6.45, 7) is 1.95. The average molecular weight is 315 g/mol. The topological polar surface area (TPSA) is 54.5 Å². The maximum atomic E-state index is 4.48. The predicted molar refractivity (Wildman–Crippen MR) is 77.5 cm³/mol. The molecule has 0 atom stereocenters. The van der Waals surface area contributed by atoms with E-state index >= 15 is 0 Å². The van der Waals surface area contributed by atoms with Crippen molar-refractivity contribution >= 4 is 15.9 Å². The molecule has 1 aromatic carbocycles. The Morgan fingerprint density at radius 2 is 1.89 bits per heavy atom. The van der Waals surface area contributed by atoms with E-state index < -0.39 is 0 Å². The molecule has 0 spiro atoms. The van der Waals surface area contributed by atoms with Gasteiger partial charge in [0, 0.05) is 15.7 Å².